The zero-order valence-electron chi connectivity index (χ0n) is 10.9. The Bertz CT molecular complexity index is 466. The molecular weight excluding hydrogens is 295 g/mol. The molecule has 20 heavy (non-hydrogen) atoms. The maximum atomic E-state index is 11.9. The summed E-state index contributed by atoms with van der Waals surface area (Å²) in [5.41, 5.74) is -3.94. The monoisotopic (exact) mass is 309 g/mol. The fourth-order valence-electron chi connectivity index (χ4n) is 1.37. The van der Waals surface area contributed by atoms with Crippen molar-refractivity contribution in [2.24, 2.45) is 0 Å². The Morgan fingerprint density at radius 2 is 2.00 bits per heavy atom. The topological polar surface area (TPSA) is 47.6 Å². The second-order valence-corrected chi connectivity index (χ2v) is 4.82. The van der Waals surface area contributed by atoms with Gasteiger partial charge in [0.15, 0.2) is 0 Å². The van der Waals surface area contributed by atoms with Crippen molar-refractivity contribution < 1.29 is 27.4 Å². The molecule has 1 amide bonds. The first kappa shape index (κ1) is 16.5. The van der Waals surface area contributed by atoms with E-state index in [-0.39, 0.29) is 23.9 Å². The molecular formula is C12H14F3NO3S. The van der Waals surface area contributed by atoms with Crippen LogP contribution in [0.4, 0.5) is 18.9 Å². The first-order valence-electron chi connectivity index (χ1n) is 5.58. The molecule has 0 fully saturated rings. The van der Waals surface area contributed by atoms with Gasteiger partial charge < -0.3 is 14.8 Å². The van der Waals surface area contributed by atoms with Crippen molar-refractivity contribution in [2.45, 2.75) is 11.9 Å². The molecule has 1 rings (SSSR count). The minimum Gasteiger partial charge on any atom is -0.497 e. The Kier molecular flexibility index (Phi) is 6.00. The SMILES string of the molecule is COc1ccc(NC(=O)CCSC(F)(F)F)c(OC)c1. The first-order valence-corrected chi connectivity index (χ1v) is 6.57. The van der Waals surface area contributed by atoms with E-state index < -0.39 is 11.4 Å². The van der Waals surface area contributed by atoms with Crippen LogP contribution in [0.5, 0.6) is 11.5 Å². The Labute approximate surface area is 118 Å². The Balaban J connectivity index is 2.57. The minimum atomic E-state index is -4.32. The fourth-order valence-corrected chi connectivity index (χ4v) is 1.89. The number of halogens is 3. The van der Waals surface area contributed by atoms with Gasteiger partial charge in [-0.3, -0.25) is 4.79 Å². The van der Waals surface area contributed by atoms with Gasteiger partial charge in [0.1, 0.15) is 11.5 Å². The van der Waals surface area contributed by atoms with Crippen LogP contribution in [0.1, 0.15) is 6.42 Å². The summed E-state index contributed by atoms with van der Waals surface area (Å²) in [6, 6.07) is 4.75. The molecule has 0 bridgehead atoms. The van der Waals surface area contributed by atoms with Gasteiger partial charge in [-0.2, -0.15) is 13.2 Å². The summed E-state index contributed by atoms with van der Waals surface area (Å²) in [6.07, 6.45) is -0.237. The quantitative estimate of drug-likeness (QED) is 0.876. The number of benzene rings is 1. The number of methoxy groups -OCH3 is 2. The van der Waals surface area contributed by atoms with Gasteiger partial charge in [-0.05, 0) is 12.1 Å². The van der Waals surface area contributed by atoms with Crippen molar-refractivity contribution in [3.8, 4) is 11.5 Å². The van der Waals surface area contributed by atoms with E-state index in [1.165, 1.54) is 14.2 Å². The second-order valence-electron chi connectivity index (χ2n) is 3.66. The summed E-state index contributed by atoms with van der Waals surface area (Å²) in [6.45, 7) is 0. The van der Waals surface area contributed by atoms with E-state index in [0.29, 0.717) is 17.2 Å². The van der Waals surface area contributed by atoms with Gasteiger partial charge in [0.05, 0.1) is 19.9 Å². The Morgan fingerprint density at radius 1 is 1.30 bits per heavy atom. The molecule has 1 aromatic rings. The van der Waals surface area contributed by atoms with E-state index in [1.54, 1.807) is 18.2 Å². The average Bonchev–Trinajstić information content (AvgIpc) is 2.37. The summed E-state index contributed by atoms with van der Waals surface area (Å²) in [5, 5.41) is 2.50. The molecule has 0 spiro atoms. The van der Waals surface area contributed by atoms with Gasteiger partial charge >= 0.3 is 5.51 Å². The normalized spacial score (nSPS) is 11.1. The van der Waals surface area contributed by atoms with E-state index in [9.17, 15) is 18.0 Å². The van der Waals surface area contributed by atoms with E-state index in [1.807, 2.05) is 0 Å². The minimum absolute atomic E-state index is 0.224. The van der Waals surface area contributed by atoms with E-state index in [4.69, 9.17) is 9.47 Å². The average molecular weight is 309 g/mol. The number of carbonyl (C=O) groups is 1. The molecule has 0 aliphatic carbocycles. The van der Waals surface area contributed by atoms with E-state index in [0.717, 1.165) is 0 Å². The highest BCUT2D eigenvalue weighted by atomic mass is 32.2. The third-order valence-electron chi connectivity index (χ3n) is 2.28. The van der Waals surface area contributed by atoms with Crippen molar-refractivity contribution in [2.75, 3.05) is 25.3 Å². The molecule has 8 heteroatoms. The number of anilines is 1. The van der Waals surface area contributed by atoms with Crippen LogP contribution in [0.3, 0.4) is 0 Å². The summed E-state index contributed by atoms with van der Waals surface area (Å²) in [4.78, 5) is 11.5. The fraction of sp³-hybridized carbons (Fsp3) is 0.417. The summed E-state index contributed by atoms with van der Waals surface area (Å²) >= 11 is -0.224. The zero-order valence-corrected chi connectivity index (χ0v) is 11.7. The maximum absolute atomic E-state index is 11.9. The highest BCUT2D eigenvalue weighted by Gasteiger charge is 2.27. The van der Waals surface area contributed by atoms with Gasteiger partial charge in [0, 0.05) is 18.2 Å². The molecule has 0 radical (unpaired) electrons. The first-order chi connectivity index (χ1) is 9.35. The van der Waals surface area contributed by atoms with E-state index >= 15 is 0 Å². The molecule has 0 aliphatic rings. The van der Waals surface area contributed by atoms with Crippen molar-refractivity contribution in [3.63, 3.8) is 0 Å². The van der Waals surface area contributed by atoms with Crippen LogP contribution < -0.4 is 14.8 Å². The van der Waals surface area contributed by atoms with Crippen LogP contribution in [-0.4, -0.2) is 31.4 Å². The number of ether oxygens (including phenoxy) is 2. The summed E-state index contributed by atoms with van der Waals surface area (Å²) in [7, 11) is 2.91. The number of rotatable bonds is 6. The highest BCUT2D eigenvalue weighted by Crippen LogP contribution is 2.31. The van der Waals surface area contributed by atoms with Crippen LogP contribution in [-0.2, 0) is 4.79 Å². The number of thioether (sulfide) groups is 1. The van der Waals surface area contributed by atoms with Crippen LogP contribution >= 0.6 is 11.8 Å². The van der Waals surface area contributed by atoms with Gasteiger partial charge in [0.25, 0.3) is 0 Å². The standard InChI is InChI=1S/C12H14F3NO3S/c1-18-8-3-4-9(10(7-8)19-2)16-11(17)5-6-20-12(13,14)15/h3-4,7H,5-6H2,1-2H3,(H,16,17). The lowest BCUT2D eigenvalue weighted by Gasteiger charge is -2.11. The molecule has 0 unspecified atom stereocenters. The molecule has 0 aromatic heterocycles. The third-order valence-corrected chi connectivity index (χ3v) is 3.01. The van der Waals surface area contributed by atoms with Crippen LogP contribution in [0, 0.1) is 0 Å². The van der Waals surface area contributed by atoms with Gasteiger partial charge in [-0.1, -0.05) is 11.8 Å². The molecule has 1 N–H and O–H groups in total. The highest BCUT2D eigenvalue weighted by molar-refractivity contribution is 8.00. The predicted octanol–water partition coefficient (Wildman–Crippen LogP) is 3.29. The van der Waals surface area contributed by atoms with E-state index in [2.05, 4.69) is 5.32 Å². The number of carbonyl (C=O) groups excluding carboxylic acids is 1. The Morgan fingerprint density at radius 3 is 2.55 bits per heavy atom. The van der Waals surface area contributed by atoms with Gasteiger partial charge in [-0.15, -0.1) is 0 Å². The van der Waals surface area contributed by atoms with Gasteiger partial charge in [-0.25, -0.2) is 0 Å². The number of amides is 1. The number of alkyl halides is 3. The maximum Gasteiger partial charge on any atom is 0.441 e. The number of hydrogen-bond donors (Lipinski definition) is 1. The lowest BCUT2D eigenvalue weighted by atomic mass is 10.2. The van der Waals surface area contributed by atoms with Gasteiger partial charge in [0.2, 0.25) is 5.91 Å². The molecule has 0 heterocycles. The molecule has 0 atom stereocenters. The van der Waals surface area contributed by atoms with Crippen LogP contribution in [0.2, 0.25) is 0 Å². The largest absolute Gasteiger partial charge is 0.497 e. The number of hydrogen-bond acceptors (Lipinski definition) is 4. The van der Waals surface area contributed by atoms with Crippen LogP contribution in [0.25, 0.3) is 0 Å². The lowest BCUT2D eigenvalue weighted by Crippen LogP contribution is -2.14. The number of nitrogens with one attached hydrogen (secondary N) is 1. The lowest BCUT2D eigenvalue weighted by molar-refractivity contribution is -0.115. The van der Waals surface area contributed by atoms with Crippen molar-refractivity contribution >= 4 is 23.4 Å². The molecule has 0 aliphatic heterocycles. The predicted molar refractivity (Wildman–Crippen MR) is 71.3 cm³/mol. The van der Waals surface area contributed by atoms with Crippen molar-refractivity contribution in [1.29, 1.82) is 0 Å². The Hall–Kier alpha value is -1.57. The third kappa shape index (κ3) is 5.60. The molecule has 1 aromatic carbocycles. The molecule has 0 saturated carbocycles. The molecule has 4 nitrogen and oxygen atoms in total. The smallest absolute Gasteiger partial charge is 0.441 e. The van der Waals surface area contributed by atoms with Crippen molar-refractivity contribution in [1.82, 2.24) is 0 Å². The molecule has 0 saturated heterocycles. The zero-order chi connectivity index (χ0) is 15.2. The second kappa shape index (κ2) is 7.28. The summed E-state index contributed by atoms with van der Waals surface area (Å²) < 4.78 is 45.9. The summed E-state index contributed by atoms with van der Waals surface area (Å²) in [5.74, 6) is 0.0900. The molecule has 112 valence electrons. The van der Waals surface area contributed by atoms with Crippen molar-refractivity contribution in [3.05, 3.63) is 18.2 Å². The van der Waals surface area contributed by atoms with Crippen LogP contribution in [0.15, 0.2) is 18.2 Å².